The highest BCUT2D eigenvalue weighted by atomic mass is 19.3. The first kappa shape index (κ1) is 17.8. The van der Waals surface area contributed by atoms with E-state index < -0.39 is 24.0 Å². The van der Waals surface area contributed by atoms with E-state index in [2.05, 4.69) is 4.74 Å². The Balaban J connectivity index is 1.91. The van der Waals surface area contributed by atoms with Gasteiger partial charge in [0.2, 0.25) is 0 Å². The van der Waals surface area contributed by atoms with Crippen LogP contribution in [0.25, 0.3) is 22.3 Å². The fourth-order valence-corrected chi connectivity index (χ4v) is 2.57. The third-order valence-electron chi connectivity index (χ3n) is 3.85. The van der Waals surface area contributed by atoms with E-state index in [1.807, 2.05) is 0 Å². The van der Waals surface area contributed by atoms with Crippen LogP contribution in [-0.4, -0.2) is 13.7 Å². The number of alkyl halides is 2. The summed E-state index contributed by atoms with van der Waals surface area (Å²) < 4.78 is 61.9. The molecule has 0 saturated heterocycles. The van der Waals surface area contributed by atoms with E-state index in [4.69, 9.17) is 4.74 Å². The molecule has 0 radical (unpaired) electrons. The van der Waals surface area contributed by atoms with E-state index in [1.54, 1.807) is 37.4 Å². The van der Waals surface area contributed by atoms with Crippen LogP contribution >= 0.6 is 0 Å². The Hall–Kier alpha value is -3.02. The van der Waals surface area contributed by atoms with Gasteiger partial charge in [-0.05, 0) is 47.0 Å². The maximum Gasteiger partial charge on any atom is 0.387 e. The van der Waals surface area contributed by atoms with Gasteiger partial charge in [-0.2, -0.15) is 8.78 Å². The molecule has 0 saturated carbocycles. The lowest BCUT2D eigenvalue weighted by Gasteiger charge is -2.10. The van der Waals surface area contributed by atoms with Crippen LogP contribution in [0, 0.1) is 11.6 Å². The minimum Gasteiger partial charge on any atom is -0.497 e. The summed E-state index contributed by atoms with van der Waals surface area (Å²) in [4.78, 5) is 0. The first-order valence-electron chi connectivity index (χ1n) is 7.66. The van der Waals surface area contributed by atoms with Gasteiger partial charge in [0.25, 0.3) is 0 Å². The van der Waals surface area contributed by atoms with Gasteiger partial charge in [-0.3, -0.25) is 0 Å². The SMILES string of the molecule is COc1ccc(-c2ccc(-c3ccc(OC(F)F)c(F)c3)c(F)c2)cc1. The summed E-state index contributed by atoms with van der Waals surface area (Å²) >= 11 is 0. The molecule has 0 aliphatic rings. The van der Waals surface area contributed by atoms with Crippen molar-refractivity contribution in [3.05, 3.63) is 72.3 Å². The van der Waals surface area contributed by atoms with Gasteiger partial charge >= 0.3 is 6.61 Å². The van der Waals surface area contributed by atoms with Gasteiger partial charge in [0.05, 0.1) is 7.11 Å². The van der Waals surface area contributed by atoms with Crippen molar-refractivity contribution in [2.24, 2.45) is 0 Å². The molecule has 0 aromatic heterocycles. The van der Waals surface area contributed by atoms with Gasteiger partial charge in [-0.15, -0.1) is 0 Å². The molecular formula is C20H14F4O2. The highest BCUT2D eigenvalue weighted by Gasteiger charge is 2.13. The minimum atomic E-state index is -3.13. The molecule has 0 unspecified atom stereocenters. The molecule has 0 heterocycles. The molecule has 0 spiro atoms. The molecule has 26 heavy (non-hydrogen) atoms. The van der Waals surface area contributed by atoms with Crippen molar-refractivity contribution in [3.63, 3.8) is 0 Å². The van der Waals surface area contributed by atoms with Crippen LogP contribution in [0.2, 0.25) is 0 Å². The molecule has 0 bridgehead atoms. The van der Waals surface area contributed by atoms with Crippen molar-refractivity contribution in [1.82, 2.24) is 0 Å². The monoisotopic (exact) mass is 362 g/mol. The summed E-state index contributed by atoms with van der Waals surface area (Å²) in [5.74, 6) is -1.44. The Morgan fingerprint density at radius 2 is 1.35 bits per heavy atom. The number of hydrogen-bond donors (Lipinski definition) is 0. The molecule has 3 aromatic rings. The number of ether oxygens (including phenoxy) is 2. The summed E-state index contributed by atoms with van der Waals surface area (Å²) in [6.45, 7) is -3.13. The molecule has 134 valence electrons. The molecule has 6 heteroatoms. The van der Waals surface area contributed by atoms with Crippen LogP contribution in [0.1, 0.15) is 0 Å². The van der Waals surface area contributed by atoms with Crippen LogP contribution in [0.5, 0.6) is 11.5 Å². The Bertz CT molecular complexity index is 908. The topological polar surface area (TPSA) is 18.5 Å². The third-order valence-corrected chi connectivity index (χ3v) is 3.85. The van der Waals surface area contributed by atoms with Crippen molar-refractivity contribution in [2.75, 3.05) is 7.11 Å². The molecular weight excluding hydrogens is 348 g/mol. The van der Waals surface area contributed by atoms with Gasteiger partial charge in [0.1, 0.15) is 11.6 Å². The molecule has 2 nitrogen and oxygen atoms in total. The average Bonchev–Trinajstić information content (AvgIpc) is 2.63. The van der Waals surface area contributed by atoms with Crippen molar-refractivity contribution >= 4 is 0 Å². The minimum absolute atomic E-state index is 0.157. The predicted molar refractivity (Wildman–Crippen MR) is 90.4 cm³/mol. The largest absolute Gasteiger partial charge is 0.497 e. The predicted octanol–water partition coefficient (Wildman–Crippen LogP) is 5.91. The van der Waals surface area contributed by atoms with Crippen LogP contribution in [0.3, 0.4) is 0 Å². The fourth-order valence-electron chi connectivity index (χ4n) is 2.57. The number of methoxy groups -OCH3 is 1. The molecule has 0 aliphatic carbocycles. The maximum atomic E-state index is 14.5. The Morgan fingerprint density at radius 3 is 1.92 bits per heavy atom. The van der Waals surface area contributed by atoms with Crippen LogP contribution in [0.4, 0.5) is 17.6 Å². The van der Waals surface area contributed by atoms with Crippen molar-refractivity contribution < 1.29 is 27.0 Å². The lowest BCUT2D eigenvalue weighted by atomic mass is 9.99. The molecule has 3 aromatic carbocycles. The number of hydrogen-bond acceptors (Lipinski definition) is 2. The second-order valence-electron chi connectivity index (χ2n) is 5.45. The van der Waals surface area contributed by atoms with Gasteiger partial charge in [-0.1, -0.05) is 30.3 Å². The van der Waals surface area contributed by atoms with Gasteiger partial charge in [0.15, 0.2) is 11.6 Å². The Labute approximate surface area is 147 Å². The molecule has 0 N–H and O–H groups in total. The fraction of sp³-hybridized carbons (Fsp3) is 0.100. The number of benzene rings is 3. The number of rotatable bonds is 5. The van der Waals surface area contributed by atoms with E-state index >= 15 is 0 Å². The van der Waals surface area contributed by atoms with Gasteiger partial charge in [-0.25, -0.2) is 8.78 Å². The summed E-state index contributed by atoms with van der Waals surface area (Å²) in [6, 6.07) is 15.0. The first-order chi connectivity index (χ1) is 12.5. The van der Waals surface area contributed by atoms with E-state index in [1.165, 1.54) is 18.2 Å². The normalized spacial score (nSPS) is 10.8. The summed E-state index contributed by atoms with van der Waals surface area (Å²) in [7, 11) is 1.56. The summed E-state index contributed by atoms with van der Waals surface area (Å²) in [5.41, 5.74) is 1.82. The zero-order chi connectivity index (χ0) is 18.7. The second-order valence-corrected chi connectivity index (χ2v) is 5.45. The highest BCUT2D eigenvalue weighted by Crippen LogP contribution is 2.31. The van der Waals surface area contributed by atoms with Crippen molar-refractivity contribution in [2.45, 2.75) is 6.61 Å². The van der Waals surface area contributed by atoms with E-state index in [-0.39, 0.29) is 11.1 Å². The van der Waals surface area contributed by atoms with E-state index in [0.29, 0.717) is 11.3 Å². The molecule has 0 atom stereocenters. The van der Waals surface area contributed by atoms with Crippen LogP contribution in [-0.2, 0) is 0 Å². The molecule has 0 amide bonds. The lowest BCUT2D eigenvalue weighted by Crippen LogP contribution is -2.03. The Kier molecular flexibility index (Phi) is 5.11. The van der Waals surface area contributed by atoms with Crippen LogP contribution < -0.4 is 9.47 Å². The average molecular weight is 362 g/mol. The Morgan fingerprint density at radius 1 is 0.731 bits per heavy atom. The highest BCUT2D eigenvalue weighted by molar-refractivity contribution is 5.71. The quantitative estimate of drug-likeness (QED) is 0.526. The summed E-state index contributed by atoms with van der Waals surface area (Å²) in [5, 5.41) is 0. The standard InChI is InChI=1S/C20H14F4O2/c1-25-15-6-2-12(3-7-15)13-4-8-16(17(21)10-13)14-5-9-19(18(22)11-14)26-20(23)24/h2-11,20H,1H3. The van der Waals surface area contributed by atoms with Crippen molar-refractivity contribution in [1.29, 1.82) is 0 Å². The van der Waals surface area contributed by atoms with E-state index in [9.17, 15) is 17.6 Å². The smallest absolute Gasteiger partial charge is 0.387 e. The third kappa shape index (κ3) is 3.79. The van der Waals surface area contributed by atoms with Crippen LogP contribution in [0.15, 0.2) is 60.7 Å². The van der Waals surface area contributed by atoms with E-state index in [0.717, 1.165) is 17.7 Å². The molecule has 3 rings (SSSR count). The first-order valence-corrected chi connectivity index (χ1v) is 7.66. The van der Waals surface area contributed by atoms with Gasteiger partial charge in [0, 0.05) is 5.56 Å². The zero-order valence-corrected chi connectivity index (χ0v) is 13.7. The number of halogens is 4. The molecule has 0 fully saturated rings. The zero-order valence-electron chi connectivity index (χ0n) is 13.7. The molecule has 0 aliphatic heterocycles. The lowest BCUT2D eigenvalue weighted by molar-refractivity contribution is -0.0521. The van der Waals surface area contributed by atoms with Crippen molar-refractivity contribution in [3.8, 4) is 33.8 Å². The maximum absolute atomic E-state index is 14.5. The summed E-state index contributed by atoms with van der Waals surface area (Å²) in [6.07, 6.45) is 0. The van der Waals surface area contributed by atoms with Gasteiger partial charge < -0.3 is 9.47 Å². The second kappa shape index (κ2) is 7.47.